The van der Waals surface area contributed by atoms with Gasteiger partial charge in [0.25, 0.3) is 23.2 Å². The molecule has 0 aliphatic rings. The van der Waals surface area contributed by atoms with Crippen LogP contribution in [0.4, 0.5) is 28.7 Å². The number of hydrogen-bond donors (Lipinski definition) is 1. The Balaban J connectivity index is 0.000000286. The number of nitrogens with one attached hydrogen (secondary N) is 1. The summed E-state index contributed by atoms with van der Waals surface area (Å²) in [5.74, 6) is -1.16. The summed E-state index contributed by atoms with van der Waals surface area (Å²) in [6.45, 7) is 5.58. The number of benzene rings is 2. The third-order valence-corrected chi connectivity index (χ3v) is 7.40. The Labute approximate surface area is 304 Å². The molecule has 17 nitrogen and oxygen atoms in total. The summed E-state index contributed by atoms with van der Waals surface area (Å²) in [4.78, 5) is 81.4. The molecule has 0 atom stereocenters. The Bertz CT molecular complexity index is 1910. The number of carbonyl (C=O) groups excluding carboxylic acids is 4. The van der Waals surface area contributed by atoms with Crippen LogP contribution >= 0.6 is 0 Å². The lowest BCUT2D eigenvalue weighted by Gasteiger charge is -2.21. The molecular formula is C36H39N7O10. The highest BCUT2D eigenvalue weighted by Crippen LogP contribution is 2.27. The van der Waals surface area contributed by atoms with E-state index in [4.69, 9.17) is 9.47 Å². The van der Waals surface area contributed by atoms with Crippen LogP contribution in [0, 0.1) is 27.2 Å². The number of esters is 2. The first kappa shape index (κ1) is 40.6. The number of amides is 2. The Morgan fingerprint density at radius 1 is 0.698 bits per heavy atom. The molecular weight excluding hydrogens is 690 g/mol. The van der Waals surface area contributed by atoms with E-state index >= 15 is 0 Å². The number of nitrogens with zero attached hydrogens (tertiary/aromatic N) is 6. The van der Waals surface area contributed by atoms with Crippen LogP contribution in [0.2, 0.25) is 0 Å². The van der Waals surface area contributed by atoms with Crippen molar-refractivity contribution in [2.45, 2.75) is 33.6 Å². The van der Waals surface area contributed by atoms with Crippen LogP contribution < -0.4 is 15.1 Å². The number of hydrogen-bond acceptors (Lipinski definition) is 13. The molecule has 2 aromatic carbocycles. The number of anilines is 3. The van der Waals surface area contributed by atoms with Crippen LogP contribution in [0.1, 0.15) is 53.0 Å². The number of aryl methyl sites for hydroxylation is 1. The van der Waals surface area contributed by atoms with Crippen LogP contribution in [0.25, 0.3) is 0 Å². The molecule has 4 aromatic rings. The van der Waals surface area contributed by atoms with Crippen LogP contribution in [-0.2, 0) is 19.1 Å². The molecule has 1 N–H and O–H groups in total. The highest BCUT2D eigenvalue weighted by molar-refractivity contribution is 6.07. The summed E-state index contributed by atoms with van der Waals surface area (Å²) in [7, 11) is 1.56. The Morgan fingerprint density at radius 3 is 1.55 bits per heavy atom. The minimum absolute atomic E-state index is 0.00981. The van der Waals surface area contributed by atoms with Gasteiger partial charge >= 0.3 is 11.9 Å². The van der Waals surface area contributed by atoms with Crippen molar-refractivity contribution in [3.63, 3.8) is 0 Å². The zero-order chi connectivity index (χ0) is 38.9. The fourth-order valence-electron chi connectivity index (χ4n) is 4.82. The molecule has 0 aliphatic heterocycles. The molecule has 0 radical (unpaired) electrons. The van der Waals surface area contributed by atoms with Gasteiger partial charge in [-0.05, 0) is 63.2 Å². The second-order valence-corrected chi connectivity index (χ2v) is 10.9. The predicted molar refractivity (Wildman–Crippen MR) is 195 cm³/mol. The van der Waals surface area contributed by atoms with Gasteiger partial charge in [-0.15, -0.1) is 0 Å². The third kappa shape index (κ3) is 11.6. The van der Waals surface area contributed by atoms with E-state index in [0.717, 1.165) is 0 Å². The topological polar surface area (TPSA) is 217 Å². The Hall–Kier alpha value is -6.78. The SMILES string of the molecule is CCOC(=O)CCN(C(=O)c1ccc(C)c([N+](=O)[O-])c1)c1ccccn1.CCOC(=O)CCN(C(=O)c1ccc(NC)c([N+](=O)[O-])c1)c1ccccn1. The van der Waals surface area contributed by atoms with Crippen molar-refractivity contribution in [2.75, 3.05) is 48.5 Å². The number of rotatable bonds is 15. The maximum atomic E-state index is 13.0. The zero-order valence-corrected chi connectivity index (χ0v) is 29.6. The molecule has 2 amide bonds. The van der Waals surface area contributed by atoms with E-state index in [-0.39, 0.29) is 61.6 Å². The summed E-state index contributed by atoms with van der Waals surface area (Å²) in [6.07, 6.45) is 3.01. The van der Waals surface area contributed by atoms with Gasteiger partial charge in [0, 0.05) is 61.4 Å². The summed E-state index contributed by atoms with van der Waals surface area (Å²) < 4.78 is 9.79. The number of carbonyl (C=O) groups is 4. The molecule has 53 heavy (non-hydrogen) atoms. The number of pyridine rings is 2. The molecule has 0 spiro atoms. The van der Waals surface area contributed by atoms with Gasteiger partial charge in [0.05, 0.1) is 35.9 Å². The first-order valence-electron chi connectivity index (χ1n) is 16.4. The van der Waals surface area contributed by atoms with Gasteiger partial charge in [-0.1, -0.05) is 18.2 Å². The van der Waals surface area contributed by atoms with Crippen LogP contribution in [0.5, 0.6) is 0 Å². The Kier molecular flexibility index (Phi) is 15.5. The van der Waals surface area contributed by atoms with Gasteiger partial charge < -0.3 is 14.8 Å². The second kappa shape index (κ2) is 20.2. The van der Waals surface area contributed by atoms with Crippen molar-refractivity contribution in [3.05, 3.63) is 122 Å². The van der Waals surface area contributed by atoms with Gasteiger partial charge in [0.2, 0.25) is 0 Å². The van der Waals surface area contributed by atoms with Crippen molar-refractivity contribution in [2.24, 2.45) is 0 Å². The fourth-order valence-corrected chi connectivity index (χ4v) is 4.82. The second-order valence-electron chi connectivity index (χ2n) is 10.9. The van der Waals surface area contributed by atoms with Crippen LogP contribution in [-0.4, -0.2) is 76.9 Å². The molecule has 17 heteroatoms. The van der Waals surface area contributed by atoms with Gasteiger partial charge in [0.1, 0.15) is 17.3 Å². The molecule has 2 heterocycles. The average Bonchev–Trinajstić information content (AvgIpc) is 3.16. The molecule has 4 rings (SSSR count). The molecule has 0 bridgehead atoms. The molecule has 0 fully saturated rings. The molecule has 2 aromatic heterocycles. The van der Waals surface area contributed by atoms with E-state index in [1.165, 1.54) is 58.6 Å². The zero-order valence-electron chi connectivity index (χ0n) is 29.6. The van der Waals surface area contributed by atoms with E-state index < -0.39 is 33.6 Å². The molecule has 278 valence electrons. The maximum absolute atomic E-state index is 13.0. The average molecular weight is 730 g/mol. The molecule has 0 saturated heterocycles. The van der Waals surface area contributed by atoms with E-state index in [1.807, 2.05) is 0 Å². The summed E-state index contributed by atoms with van der Waals surface area (Å²) in [5, 5.41) is 25.1. The van der Waals surface area contributed by atoms with Gasteiger partial charge in [-0.25, -0.2) is 9.97 Å². The highest BCUT2D eigenvalue weighted by Gasteiger charge is 2.25. The first-order chi connectivity index (χ1) is 25.4. The van der Waals surface area contributed by atoms with E-state index in [0.29, 0.717) is 22.9 Å². The lowest BCUT2D eigenvalue weighted by molar-refractivity contribution is -0.385. The minimum atomic E-state index is -0.563. The lowest BCUT2D eigenvalue weighted by Crippen LogP contribution is -2.34. The molecule has 0 aliphatic carbocycles. The van der Waals surface area contributed by atoms with Crippen molar-refractivity contribution < 1.29 is 38.5 Å². The van der Waals surface area contributed by atoms with Crippen molar-refractivity contribution in [1.82, 2.24) is 9.97 Å². The molecule has 0 saturated carbocycles. The summed E-state index contributed by atoms with van der Waals surface area (Å²) in [5.41, 5.74) is 0.680. The minimum Gasteiger partial charge on any atom is -0.466 e. The summed E-state index contributed by atoms with van der Waals surface area (Å²) in [6, 6.07) is 18.5. The Morgan fingerprint density at radius 2 is 1.15 bits per heavy atom. The number of aromatic nitrogens is 2. The van der Waals surface area contributed by atoms with Gasteiger partial charge in [-0.2, -0.15) is 0 Å². The maximum Gasteiger partial charge on any atom is 0.307 e. The monoisotopic (exact) mass is 729 g/mol. The molecule has 0 unspecified atom stereocenters. The third-order valence-electron chi connectivity index (χ3n) is 7.40. The van der Waals surface area contributed by atoms with Crippen LogP contribution in [0.3, 0.4) is 0 Å². The fraction of sp³-hybridized carbons (Fsp3) is 0.278. The van der Waals surface area contributed by atoms with Crippen molar-refractivity contribution in [3.8, 4) is 0 Å². The lowest BCUT2D eigenvalue weighted by atomic mass is 10.1. The van der Waals surface area contributed by atoms with Gasteiger partial charge in [0.15, 0.2) is 0 Å². The van der Waals surface area contributed by atoms with E-state index in [1.54, 1.807) is 64.2 Å². The first-order valence-corrected chi connectivity index (χ1v) is 16.4. The van der Waals surface area contributed by atoms with E-state index in [9.17, 15) is 39.4 Å². The number of ether oxygens (including phenoxy) is 2. The normalized spacial score (nSPS) is 10.2. The smallest absolute Gasteiger partial charge is 0.307 e. The summed E-state index contributed by atoms with van der Waals surface area (Å²) >= 11 is 0. The number of nitro benzene ring substituents is 2. The standard InChI is InChI=1S/C18H20N4O5.C18H19N3O5/c1-3-27-17(23)9-11-21(16-6-4-5-10-20-16)18(24)13-7-8-14(19-2)15(12-13)22(25)26;1-3-26-17(22)9-11-20(16-6-4-5-10-19-16)18(23)14-8-7-13(2)15(12-14)21(24)25/h4-8,10,12,19H,3,9,11H2,1-2H3;4-8,10,12H,3,9,11H2,1-2H3. The van der Waals surface area contributed by atoms with Crippen LogP contribution in [0.15, 0.2) is 85.2 Å². The highest BCUT2D eigenvalue weighted by atomic mass is 16.6. The predicted octanol–water partition coefficient (Wildman–Crippen LogP) is 5.53. The van der Waals surface area contributed by atoms with E-state index in [2.05, 4.69) is 15.3 Å². The van der Waals surface area contributed by atoms with Crippen molar-refractivity contribution >= 4 is 52.5 Å². The quantitative estimate of drug-likeness (QED) is 0.0905. The number of nitro groups is 2. The van der Waals surface area contributed by atoms with Gasteiger partial charge in [-0.3, -0.25) is 49.2 Å². The largest absolute Gasteiger partial charge is 0.466 e. The van der Waals surface area contributed by atoms with Crippen molar-refractivity contribution in [1.29, 1.82) is 0 Å².